The Morgan fingerprint density at radius 2 is 1.65 bits per heavy atom. The summed E-state index contributed by atoms with van der Waals surface area (Å²) in [5.41, 5.74) is 0.558. The summed E-state index contributed by atoms with van der Waals surface area (Å²) in [7, 11) is -0.867. The summed E-state index contributed by atoms with van der Waals surface area (Å²) in [6, 6.07) is 9.98. The first-order valence-corrected chi connectivity index (χ1v) is 13.4. The number of rotatable bonds is 8. The molecular weight excluding hydrogens is 501 g/mol. The van der Waals surface area contributed by atoms with Gasteiger partial charge in [-0.15, -0.1) is 0 Å². The summed E-state index contributed by atoms with van der Waals surface area (Å²) in [5.74, 6) is -2.48. The molecule has 0 radical (unpaired) electrons. The van der Waals surface area contributed by atoms with Crippen molar-refractivity contribution < 1.29 is 32.2 Å². The zero-order valence-corrected chi connectivity index (χ0v) is 21.6. The highest BCUT2D eigenvalue weighted by Crippen LogP contribution is 2.39. The molecule has 2 aromatic rings. The van der Waals surface area contributed by atoms with Crippen LogP contribution in [0.5, 0.6) is 0 Å². The quantitative estimate of drug-likeness (QED) is 0.316. The van der Waals surface area contributed by atoms with Crippen LogP contribution in [0.25, 0.3) is 5.76 Å². The molecular formula is C26H30FN3O6S. The van der Waals surface area contributed by atoms with Crippen molar-refractivity contribution in [1.82, 2.24) is 14.1 Å². The summed E-state index contributed by atoms with van der Waals surface area (Å²) in [6.07, 6.45) is 0.599. The SMILES string of the molecule is CN(C)S(=O)(=O)c1ccc(C(O)=C2C(=O)C(=O)N(CCCN3CCOCC3)[C@H]2c2ccc(F)cc2)cc1. The molecule has 2 aromatic carbocycles. The van der Waals surface area contributed by atoms with E-state index in [1.54, 1.807) is 0 Å². The lowest BCUT2D eigenvalue weighted by atomic mass is 9.95. The van der Waals surface area contributed by atoms with Crippen molar-refractivity contribution in [1.29, 1.82) is 0 Å². The second kappa shape index (κ2) is 11.1. The van der Waals surface area contributed by atoms with Crippen LogP contribution in [0.15, 0.2) is 59.0 Å². The molecule has 0 bridgehead atoms. The van der Waals surface area contributed by atoms with Gasteiger partial charge >= 0.3 is 0 Å². The van der Waals surface area contributed by atoms with Gasteiger partial charge < -0.3 is 14.7 Å². The highest BCUT2D eigenvalue weighted by atomic mass is 32.2. The van der Waals surface area contributed by atoms with Gasteiger partial charge in [-0.25, -0.2) is 17.1 Å². The van der Waals surface area contributed by atoms with E-state index in [-0.39, 0.29) is 22.6 Å². The number of carbonyl (C=O) groups is 2. The van der Waals surface area contributed by atoms with Crippen LogP contribution in [-0.2, 0) is 24.3 Å². The number of aliphatic hydroxyl groups excluding tert-OH is 1. The molecule has 198 valence electrons. The number of benzene rings is 2. The minimum atomic E-state index is -3.69. The van der Waals surface area contributed by atoms with Crippen molar-refractivity contribution >= 4 is 27.5 Å². The Balaban J connectivity index is 1.68. The molecule has 1 N–H and O–H groups in total. The summed E-state index contributed by atoms with van der Waals surface area (Å²) >= 11 is 0. The molecule has 0 spiro atoms. The first kappa shape index (κ1) is 26.9. The van der Waals surface area contributed by atoms with Gasteiger partial charge in [-0.2, -0.15) is 0 Å². The molecule has 0 aromatic heterocycles. The van der Waals surface area contributed by atoms with Gasteiger partial charge in [0.2, 0.25) is 10.0 Å². The van der Waals surface area contributed by atoms with Crippen molar-refractivity contribution in [2.45, 2.75) is 17.4 Å². The van der Waals surface area contributed by atoms with Crippen LogP contribution in [0.3, 0.4) is 0 Å². The fourth-order valence-electron chi connectivity index (χ4n) is 4.54. The zero-order chi connectivity index (χ0) is 26.7. The number of halogens is 1. The lowest BCUT2D eigenvalue weighted by Crippen LogP contribution is -2.38. The largest absolute Gasteiger partial charge is 0.507 e. The van der Waals surface area contributed by atoms with Crippen LogP contribution in [0.2, 0.25) is 0 Å². The number of sulfonamides is 1. The van der Waals surface area contributed by atoms with E-state index >= 15 is 0 Å². The standard InChI is InChI=1S/C26H30FN3O6S/c1-28(2)37(34,35)21-10-6-19(7-11-21)24(31)22-23(18-4-8-20(27)9-5-18)30(26(33)25(22)32)13-3-12-29-14-16-36-17-15-29/h4-11,23,31H,3,12-17H2,1-2H3/t23-/m0/s1. The molecule has 2 saturated heterocycles. The number of Topliss-reactive ketones (excluding diaryl/α,β-unsaturated/α-hetero) is 1. The van der Waals surface area contributed by atoms with E-state index in [9.17, 15) is 27.5 Å². The number of nitrogens with zero attached hydrogens (tertiary/aromatic N) is 3. The Hall–Kier alpha value is -3.12. The number of hydrogen-bond donors (Lipinski definition) is 1. The first-order chi connectivity index (χ1) is 17.6. The molecule has 2 fully saturated rings. The molecule has 0 unspecified atom stereocenters. The van der Waals surface area contributed by atoms with Crippen molar-refractivity contribution in [2.24, 2.45) is 0 Å². The topological polar surface area (TPSA) is 107 Å². The number of amides is 1. The van der Waals surface area contributed by atoms with Crippen LogP contribution in [0.1, 0.15) is 23.6 Å². The van der Waals surface area contributed by atoms with E-state index in [1.807, 2.05) is 0 Å². The number of hydrogen-bond acceptors (Lipinski definition) is 7. The van der Waals surface area contributed by atoms with Gasteiger partial charge in [-0.3, -0.25) is 14.5 Å². The van der Waals surface area contributed by atoms with Gasteiger partial charge in [0.15, 0.2) is 0 Å². The maximum atomic E-state index is 13.7. The minimum Gasteiger partial charge on any atom is -0.507 e. The third kappa shape index (κ3) is 5.59. The Kier molecular flexibility index (Phi) is 8.08. The van der Waals surface area contributed by atoms with Gasteiger partial charge in [-0.05, 0) is 48.4 Å². The Bertz CT molecular complexity index is 1290. The normalized spacial score (nSPS) is 20.6. The van der Waals surface area contributed by atoms with Gasteiger partial charge in [0.1, 0.15) is 11.6 Å². The average Bonchev–Trinajstić information content (AvgIpc) is 3.14. The lowest BCUT2D eigenvalue weighted by Gasteiger charge is -2.29. The fraction of sp³-hybridized carbons (Fsp3) is 0.385. The van der Waals surface area contributed by atoms with Crippen molar-refractivity contribution in [3.63, 3.8) is 0 Å². The average molecular weight is 532 g/mol. The van der Waals surface area contributed by atoms with Gasteiger partial charge in [0, 0.05) is 45.8 Å². The van der Waals surface area contributed by atoms with Crippen LogP contribution in [-0.4, -0.2) is 92.8 Å². The fourth-order valence-corrected chi connectivity index (χ4v) is 5.44. The summed E-state index contributed by atoms with van der Waals surface area (Å²) in [6.45, 7) is 3.86. The van der Waals surface area contributed by atoms with E-state index in [1.165, 1.54) is 67.5 Å². The molecule has 2 aliphatic heterocycles. The van der Waals surface area contributed by atoms with Gasteiger partial charge in [-0.1, -0.05) is 12.1 Å². The molecule has 2 heterocycles. The monoisotopic (exact) mass is 531 g/mol. The predicted octanol–water partition coefficient (Wildman–Crippen LogP) is 2.22. The Labute approximate surface area is 215 Å². The number of morpholine rings is 1. The summed E-state index contributed by atoms with van der Waals surface area (Å²) in [4.78, 5) is 29.9. The van der Waals surface area contributed by atoms with Crippen molar-refractivity contribution in [3.05, 3.63) is 71.0 Å². The van der Waals surface area contributed by atoms with Crippen LogP contribution >= 0.6 is 0 Å². The molecule has 4 rings (SSSR count). The third-order valence-electron chi connectivity index (χ3n) is 6.61. The summed E-state index contributed by atoms with van der Waals surface area (Å²) in [5, 5.41) is 11.2. The second-order valence-electron chi connectivity index (χ2n) is 9.16. The first-order valence-electron chi connectivity index (χ1n) is 12.0. The van der Waals surface area contributed by atoms with Crippen molar-refractivity contribution in [3.8, 4) is 0 Å². The highest BCUT2D eigenvalue weighted by Gasteiger charge is 2.45. The Morgan fingerprint density at radius 3 is 2.24 bits per heavy atom. The maximum absolute atomic E-state index is 13.7. The van der Waals surface area contributed by atoms with Crippen LogP contribution < -0.4 is 0 Å². The smallest absolute Gasteiger partial charge is 0.295 e. The van der Waals surface area contributed by atoms with Crippen LogP contribution in [0, 0.1) is 5.82 Å². The number of ketones is 1. The minimum absolute atomic E-state index is 0.0210. The molecule has 0 aliphatic carbocycles. The van der Waals surface area contributed by atoms with Crippen LogP contribution in [0.4, 0.5) is 4.39 Å². The molecule has 37 heavy (non-hydrogen) atoms. The molecule has 1 atom stereocenters. The number of aliphatic hydroxyl groups is 1. The van der Waals surface area contributed by atoms with E-state index in [4.69, 9.17) is 4.74 Å². The van der Waals surface area contributed by atoms with E-state index in [0.29, 0.717) is 31.7 Å². The number of carbonyl (C=O) groups excluding carboxylic acids is 2. The Morgan fingerprint density at radius 1 is 1.03 bits per heavy atom. The molecule has 11 heteroatoms. The predicted molar refractivity (Wildman–Crippen MR) is 135 cm³/mol. The maximum Gasteiger partial charge on any atom is 0.295 e. The second-order valence-corrected chi connectivity index (χ2v) is 11.3. The van der Waals surface area contributed by atoms with Gasteiger partial charge in [0.05, 0.1) is 29.7 Å². The number of ether oxygens (including phenoxy) is 1. The lowest BCUT2D eigenvalue weighted by molar-refractivity contribution is -0.140. The molecule has 1 amide bonds. The molecule has 0 saturated carbocycles. The van der Waals surface area contributed by atoms with Gasteiger partial charge in [0.25, 0.3) is 11.7 Å². The number of likely N-dealkylation sites (tertiary alicyclic amines) is 1. The highest BCUT2D eigenvalue weighted by molar-refractivity contribution is 7.89. The molecule has 9 nitrogen and oxygen atoms in total. The van der Waals surface area contributed by atoms with E-state index in [0.717, 1.165) is 17.4 Å². The zero-order valence-electron chi connectivity index (χ0n) is 20.8. The van der Waals surface area contributed by atoms with E-state index in [2.05, 4.69) is 4.90 Å². The van der Waals surface area contributed by atoms with E-state index < -0.39 is 39.3 Å². The van der Waals surface area contributed by atoms with Crippen molar-refractivity contribution in [2.75, 3.05) is 53.5 Å². The summed E-state index contributed by atoms with van der Waals surface area (Å²) < 4.78 is 44.9. The molecule has 2 aliphatic rings. The third-order valence-corrected chi connectivity index (χ3v) is 8.44.